The highest BCUT2D eigenvalue weighted by Crippen LogP contribution is 2.47. The SMILES string of the molecule is O=P(c1ccccc1)(c1ccccc1)c1cccc(-c2ccc(-c3nc4cc5cc(-c6ccc(-c7nc(-c8ccccc8)nc(-c8ccc(-c9nc%10cc%11ccccc%11cc%10c%10c9sc9ccccc9%10)cc8)n7)cc6)ccc5cc4c4c3sc3ccccc34)cc2)c1. The maximum absolute atomic E-state index is 15.4. The van der Waals surface area contributed by atoms with Crippen molar-refractivity contribution in [1.29, 1.82) is 0 Å². The Morgan fingerprint density at radius 1 is 0.250 bits per heavy atom. The summed E-state index contributed by atoms with van der Waals surface area (Å²) >= 11 is 3.60. The number of hydrogen-bond donors (Lipinski definition) is 0. The van der Waals surface area contributed by atoms with Crippen LogP contribution in [0.5, 0.6) is 0 Å². The standard InChI is InChI=1S/C83H50N5OPS2/c89-90(64-22-6-2-7-23-64,65-24-8-3-9-25-65)66-26-16-21-58(46-66)51-31-35-53(36-32-51)77-80-76(68-28-13-15-30-74(68)92-80)70-48-62-44-43-61(45-63(62)50-72(70)85-77)52-33-39-56(40-34-52)82-86-81(55-17-4-1-5-18-55)87-83(88-82)57-41-37-54(38-42-57)78-79-75(67-27-12-14-29-73(67)91-79)69-47-59-19-10-11-20-60(59)49-71(69)84-78/h1-50H. The largest absolute Gasteiger partial charge is 0.309 e. The van der Waals surface area contributed by atoms with Crippen LogP contribution in [0.3, 0.4) is 0 Å². The molecule has 18 rings (SSSR count). The quantitative estimate of drug-likeness (QED) is 0.100. The second-order valence-corrected chi connectivity index (χ2v) is 28.3. The zero-order valence-corrected chi connectivity index (χ0v) is 51.8. The summed E-state index contributed by atoms with van der Waals surface area (Å²) in [6.07, 6.45) is 0. The molecule has 0 unspecified atom stereocenters. The molecular weight excluding hydrogens is 1180 g/mol. The highest BCUT2D eigenvalue weighted by Gasteiger charge is 2.30. The minimum atomic E-state index is -3.16. The molecule has 0 aliphatic carbocycles. The Morgan fingerprint density at radius 2 is 0.620 bits per heavy atom. The van der Waals surface area contributed by atoms with Crippen LogP contribution in [0.25, 0.3) is 163 Å². The minimum absolute atomic E-state index is 0.593. The first kappa shape index (κ1) is 53.9. The molecule has 430 valence electrons. The van der Waals surface area contributed by atoms with E-state index in [1.165, 1.54) is 51.8 Å². The predicted octanol–water partition coefficient (Wildman–Crippen LogP) is 21.3. The minimum Gasteiger partial charge on any atom is -0.309 e. The van der Waals surface area contributed by atoms with Crippen LogP contribution in [-0.2, 0) is 4.57 Å². The van der Waals surface area contributed by atoms with Crippen molar-refractivity contribution < 1.29 is 4.57 Å². The van der Waals surface area contributed by atoms with E-state index in [-0.39, 0.29) is 0 Å². The van der Waals surface area contributed by atoms with E-state index >= 15 is 4.57 Å². The third-order valence-corrected chi connectivity index (χ3v) is 23.4. The molecule has 9 heteroatoms. The molecule has 5 heterocycles. The summed E-state index contributed by atoms with van der Waals surface area (Å²) in [6.45, 7) is 0. The lowest BCUT2D eigenvalue weighted by molar-refractivity contribution is 0.592. The fourth-order valence-electron chi connectivity index (χ4n) is 13.3. The van der Waals surface area contributed by atoms with E-state index in [1.54, 1.807) is 22.7 Å². The van der Waals surface area contributed by atoms with E-state index in [0.29, 0.717) is 17.5 Å². The molecule has 5 aromatic heterocycles. The van der Waals surface area contributed by atoms with E-state index in [1.807, 2.05) is 103 Å². The lowest BCUT2D eigenvalue weighted by atomic mass is 9.96. The number of nitrogens with zero attached hydrogens (tertiary/aromatic N) is 5. The average molecular weight is 1230 g/mol. The van der Waals surface area contributed by atoms with Crippen LogP contribution in [0.1, 0.15) is 0 Å². The molecule has 0 fully saturated rings. The number of thiophene rings is 2. The Labute approximate surface area is 537 Å². The highest BCUT2D eigenvalue weighted by atomic mass is 32.1. The summed E-state index contributed by atoms with van der Waals surface area (Å²) in [5.74, 6) is 1.79. The van der Waals surface area contributed by atoms with Gasteiger partial charge in [-0.05, 0) is 92.3 Å². The van der Waals surface area contributed by atoms with Gasteiger partial charge >= 0.3 is 0 Å². The lowest BCUT2D eigenvalue weighted by Crippen LogP contribution is -2.25. The average Bonchev–Trinajstić information content (AvgIpc) is 1.51. The van der Waals surface area contributed by atoms with Gasteiger partial charge in [0, 0.05) is 85.4 Å². The fraction of sp³-hybridized carbons (Fsp3) is 0. The Balaban J connectivity index is 0.679. The van der Waals surface area contributed by atoms with Crippen molar-refractivity contribution in [1.82, 2.24) is 24.9 Å². The van der Waals surface area contributed by atoms with Crippen LogP contribution in [0.15, 0.2) is 303 Å². The van der Waals surface area contributed by atoms with Gasteiger partial charge in [-0.1, -0.05) is 255 Å². The molecule has 0 saturated heterocycles. The van der Waals surface area contributed by atoms with Gasteiger partial charge in [0.15, 0.2) is 24.6 Å². The molecule has 0 N–H and O–H groups in total. The van der Waals surface area contributed by atoms with Gasteiger partial charge < -0.3 is 4.57 Å². The van der Waals surface area contributed by atoms with Gasteiger partial charge in [0.05, 0.1) is 31.8 Å². The molecule has 13 aromatic carbocycles. The molecule has 0 aliphatic heterocycles. The van der Waals surface area contributed by atoms with Crippen LogP contribution in [0, 0.1) is 0 Å². The van der Waals surface area contributed by atoms with Crippen molar-refractivity contribution in [3.05, 3.63) is 303 Å². The second-order valence-electron chi connectivity index (χ2n) is 23.4. The van der Waals surface area contributed by atoms with Gasteiger partial charge in [-0.25, -0.2) is 24.9 Å². The first-order valence-electron chi connectivity index (χ1n) is 30.7. The number of pyridine rings is 2. The summed E-state index contributed by atoms with van der Waals surface area (Å²) in [4.78, 5) is 26.4. The molecule has 0 aliphatic rings. The van der Waals surface area contributed by atoms with E-state index in [9.17, 15) is 0 Å². The summed E-state index contributed by atoms with van der Waals surface area (Å²) in [5, 5.41) is 14.3. The van der Waals surface area contributed by atoms with Gasteiger partial charge in [0.2, 0.25) is 0 Å². The number of aromatic nitrogens is 5. The van der Waals surface area contributed by atoms with E-state index in [0.717, 1.165) is 109 Å². The Hall–Kier alpha value is -11.1. The normalized spacial score (nSPS) is 12.0. The van der Waals surface area contributed by atoms with Crippen LogP contribution in [0.2, 0.25) is 0 Å². The smallest absolute Gasteiger partial charge is 0.171 e. The molecule has 0 spiro atoms. The van der Waals surface area contributed by atoms with Crippen molar-refractivity contribution in [2.45, 2.75) is 0 Å². The van der Waals surface area contributed by atoms with E-state index < -0.39 is 7.14 Å². The molecule has 0 atom stereocenters. The Bertz CT molecular complexity index is 5970. The van der Waals surface area contributed by atoms with Crippen molar-refractivity contribution >= 4 is 129 Å². The molecule has 0 saturated carbocycles. The van der Waals surface area contributed by atoms with Crippen LogP contribution < -0.4 is 15.9 Å². The molecule has 6 nitrogen and oxygen atoms in total. The number of benzene rings is 13. The first-order valence-corrected chi connectivity index (χ1v) is 34.0. The molecule has 92 heavy (non-hydrogen) atoms. The zero-order chi connectivity index (χ0) is 60.9. The van der Waals surface area contributed by atoms with Crippen LogP contribution in [0.4, 0.5) is 0 Å². The van der Waals surface area contributed by atoms with Crippen molar-refractivity contribution in [2.24, 2.45) is 0 Å². The van der Waals surface area contributed by atoms with E-state index in [2.05, 4.69) is 200 Å². The van der Waals surface area contributed by atoms with Gasteiger partial charge in [0.25, 0.3) is 0 Å². The summed E-state index contributed by atoms with van der Waals surface area (Å²) in [7, 11) is -3.16. The van der Waals surface area contributed by atoms with Gasteiger partial charge in [-0.2, -0.15) is 0 Å². The first-order chi connectivity index (χ1) is 45.4. The Kier molecular flexibility index (Phi) is 12.8. The molecule has 0 bridgehead atoms. The number of rotatable bonds is 10. The maximum atomic E-state index is 15.4. The molecule has 0 amide bonds. The molecule has 18 aromatic rings. The Morgan fingerprint density at radius 3 is 1.14 bits per heavy atom. The third kappa shape index (κ3) is 9.13. The van der Waals surface area contributed by atoms with Gasteiger partial charge in [0.1, 0.15) is 0 Å². The predicted molar refractivity (Wildman–Crippen MR) is 389 cm³/mol. The lowest BCUT2D eigenvalue weighted by Gasteiger charge is -2.20. The van der Waals surface area contributed by atoms with Gasteiger partial charge in [-0.3, -0.25) is 0 Å². The topological polar surface area (TPSA) is 81.5 Å². The third-order valence-electron chi connectivity index (χ3n) is 17.9. The molecular formula is C83H50N5OPS2. The molecule has 0 radical (unpaired) electrons. The zero-order valence-electron chi connectivity index (χ0n) is 49.3. The number of fused-ring (bicyclic) bond motifs is 12. The van der Waals surface area contributed by atoms with Crippen LogP contribution in [-0.4, -0.2) is 24.9 Å². The second kappa shape index (κ2) is 21.8. The summed E-state index contributed by atoms with van der Waals surface area (Å²) < 4.78 is 20.2. The van der Waals surface area contributed by atoms with Gasteiger partial charge in [-0.15, -0.1) is 22.7 Å². The number of hydrogen-bond acceptors (Lipinski definition) is 8. The summed E-state index contributed by atoms with van der Waals surface area (Å²) in [6, 6.07) is 106. The van der Waals surface area contributed by atoms with Crippen molar-refractivity contribution in [3.8, 4) is 78.9 Å². The van der Waals surface area contributed by atoms with Crippen molar-refractivity contribution in [2.75, 3.05) is 0 Å². The monoisotopic (exact) mass is 1230 g/mol. The highest BCUT2D eigenvalue weighted by molar-refractivity contribution is 7.85. The van der Waals surface area contributed by atoms with Crippen molar-refractivity contribution in [3.63, 3.8) is 0 Å². The maximum Gasteiger partial charge on any atom is 0.171 e. The van der Waals surface area contributed by atoms with E-state index in [4.69, 9.17) is 24.9 Å². The van der Waals surface area contributed by atoms with Crippen LogP contribution >= 0.6 is 29.8 Å². The fourth-order valence-corrected chi connectivity index (χ4v) is 18.5. The summed E-state index contributed by atoms with van der Waals surface area (Å²) in [5.41, 5.74) is 12.8.